The van der Waals surface area contributed by atoms with Gasteiger partial charge >= 0.3 is 0 Å². The monoisotopic (exact) mass is 275 g/mol. The molecule has 1 aromatic rings. The summed E-state index contributed by atoms with van der Waals surface area (Å²) >= 11 is 0. The van der Waals surface area contributed by atoms with E-state index >= 15 is 0 Å². The fourth-order valence-electron chi connectivity index (χ4n) is 3.08. The normalized spacial score (nSPS) is 21.6. The molecule has 0 amide bonds. The number of aromatic nitrogens is 1. The van der Waals surface area contributed by atoms with Gasteiger partial charge in [-0.25, -0.2) is 0 Å². The number of hydrogen-bond acceptors (Lipinski definition) is 3. The van der Waals surface area contributed by atoms with Crippen molar-refractivity contribution in [1.82, 2.24) is 10.3 Å². The standard InChI is InChI=1S/C17H29N3/c1-4-15-7-6-11-20(12-10-15)16-8-9-17(19-13-16)14(3)18-5-2/h8-9,13-15,18H,4-7,10-12H2,1-3H3. The molecule has 2 rings (SSSR count). The summed E-state index contributed by atoms with van der Waals surface area (Å²) in [5, 5.41) is 3.41. The molecule has 2 atom stereocenters. The summed E-state index contributed by atoms with van der Waals surface area (Å²) in [5.41, 5.74) is 2.42. The smallest absolute Gasteiger partial charge is 0.0572 e. The molecule has 112 valence electrons. The van der Waals surface area contributed by atoms with Gasteiger partial charge in [0.25, 0.3) is 0 Å². The fraction of sp³-hybridized carbons (Fsp3) is 0.706. The molecule has 0 radical (unpaired) electrons. The van der Waals surface area contributed by atoms with Gasteiger partial charge in [0.2, 0.25) is 0 Å². The van der Waals surface area contributed by atoms with Gasteiger partial charge in [0.1, 0.15) is 0 Å². The minimum atomic E-state index is 0.336. The van der Waals surface area contributed by atoms with Gasteiger partial charge in [-0.05, 0) is 50.8 Å². The highest BCUT2D eigenvalue weighted by molar-refractivity contribution is 5.44. The van der Waals surface area contributed by atoms with Crippen LogP contribution in [0.1, 0.15) is 58.2 Å². The Morgan fingerprint density at radius 3 is 2.80 bits per heavy atom. The number of nitrogens with zero attached hydrogens (tertiary/aromatic N) is 2. The fourth-order valence-corrected chi connectivity index (χ4v) is 3.08. The molecular formula is C17H29N3. The van der Waals surface area contributed by atoms with E-state index in [9.17, 15) is 0 Å². The van der Waals surface area contributed by atoms with Gasteiger partial charge in [-0.3, -0.25) is 4.98 Å². The van der Waals surface area contributed by atoms with Crippen LogP contribution in [-0.2, 0) is 0 Å². The molecule has 20 heavy (non-hydrogen) atoms. The van der Waals surface area contributed by atoms with E-state index in [2.05, 4.69) is 54.3 Å². The van der Waals surface area contributed by atoms with Crippen LogP contribution in [0.15, 0.2) is 18.3 Å². The van der Waals surface area contributed by atoms with Crippen LogP contribution in [0.25, 0.3) is 0 Å². The summed E-state index contributed by atoms with van der Waals surface area (Å²) in [6, 6.07) is 4.75. The molecule has 0 spiro atoms. The third kappa shape index (κ3) is 3.95. The van der Waals surface area contributed by atoms with Gasteiger partial charge in [-0.15, -0.1) is 0 Å². The van der Waals surface area contributed by atoms with Crippen LogP contribution >= 0.6 is 0 Å². The first-order chi connectivity index (χ1) is 9.74. The van der Waals surface area contributed by atoms with Crippen LogP contribution < -0.4 is 10.2 Å². The zero-order valence-electron chi connectivity index (χ0n) is 13.2. The predicted octanol–water partition coefficient (Wildman–Crippen LogP) is 3.77. The first-order valence-electron chi connectivity index (χ1n) is 8.18. The first-order valence-corrected chi connectivity index (χ1v) is 8.18. The molecule has 1 aromatic heterocycles. The maximum atomic E-state index is 4.64. The van der Waals surface area contributed by atoms with Crippen molar-refractivity contribution in [2.75, 3.05) is 24.5 Å². The van der Waals surface area contributed by atoms with Gasteiger partial charge in [0.05, 0.1) is 17.6 Å². The van der Waals surface area contributed by atoms with Crippen molar-refractivity contribution in [3.63, 3.8) is 0 Å². The van der Waals surface area contributed by atoms with Gasteiger partial charge in [-0.1, -0.05) is 20.3 Å². The molecule has 1 aliphatic heterocycles. The van der Waals surface area contributed by atoms with E-state index in [0.717, 1.165) is 18.2 Å². The molecule has 1 N–H and O–H groups in total. The van der Waals surface area contributed by atoms with Crippen LogP contribution in [0, 0.1) is 5.92 Å². The molecule has 1 fully saturated rings. The SMILES string of the molecule is CCNC(C)c1ccc(N2CCCC(CC)CC2)cn1. The molecule has 0 saturated carbocycles. The van der Waals surface area contributed by atoms with Crippen molar-refractivity contribution in [2.24, 2.45) is 5.92 Å². The van der Waals surface area contributed by atoms with Crippen LogP contribution in [0.5, 0.6) is 0 Å². The Hall–Kier alpha value is -1.09. The number of anilines is 1. The third-order valence-electron chi connectivity index (χ3n) is 4.51. The van der Waals surface area contributed by atoms with E-state index in [1.165, 1.54) is 44.5 Å². The lowest BCUT2D eigenvalue weighted by Gasteiger charge is -2.23. The molecule has 0 aliphatic carbocycles. The quantitative estimate of drug-likeness (QED) is 0.886. The largest absolute Gasteiger partial charge is 0.370 e. The Morgan fingerprint density at radius 2 is 2.15 bits per heavy atom. The number of hydrogen-bond donors (Lipinski definition) is 1. The lowest BCUT2D eigenvalue weighted by molar-refractivity contribution is 0.459. The second-order valence-corrected chi connectivity index (χ2v) is 5.91. The summed E-state index contributed by atoms with van der Waals surface area (Å²) in [6.45, 7) is 9.96. The summed E-state index contributed by atoms with van der Waals surface area (Å²) in [6.07, 6.45) is 7.40. The van der Waals surface area contributed by atoms with Crippen molar-refractivity contribution in [3.05, 3.63) is 24.0 Å². The van der Waals surface area contributed by atoms with E-state index in [0.29, 0.717) is 6.04 Å². The summed E-state index contributed by atoms with van der Waals surface area (Å²) in [5.74, 6) is 0.918. The maximum Gasteiger partial charge on any atom is 0.0572 e. The van der Waals surface area contributed by atoms with E-state index in [4.69, 9.17) is 0 Å². The molecule has 1 saturated heterocycles. The average molecular weight is 275 g/mol. The van der Waals surface area contributed by atoms with Crippen LogP contribution in [0.4, 0.5) is 5.69 Å². The molecule has 0 bridgehead atoms. The molecule has 2 heterocycles. The average Bonchev–Trinajstić information content (AvgIpc) is 2.73. The minimum Gasteiger partial charge on any atom is -0.370 e. The van der Waals surface area contributed by atoms with Crippen LogP contribution in [-0.4, -0.2) is 24.6 Å². The summed E-state index contributed by atoms with van der Waals surface area (Å²) < 4.78 is 0. The summed E-state index contributed by atoms with van der Waals surface area (Å²) in [7, 11) is 0. The van der Waals surface area contributed by atoms with Crippen LogP contribution in [0.3, 0.4) is 0 Å². The van der Waals surface area contributed by atoms with Crippen molar-refractivity contribution in [2.45, 2.75) is 52.5 Å². The highest BCUT2D eigenvalue weighted by Gasteiger charge is 2.16. The van der Waals surface area contributed by atoms with E-state index in [1.807, 2.05) is 0 Å². The lowest BCUT2D eigenvalue weighted by atomic mass is 9.98. The Bertz CT molecular complexity index is 388. The zero-order chi connectivity index (χ0) is 14.4. The molecular weight excluding hydrogens is 246 g/mol. The van der Waals surface area contributed by atoms with Crippen molar-refractivity contribution in [3.8, 4) is 0 Å². The van der Waals surface area contributed by atoms with E-state index in [-0.39, 0.29) is 0 Å². The Balaban J connectivity index is 1.98. The van der Waals surface area contributed by atoms with Crippen molar-refractivity contribution in [1.29, 1.82) is 0 Å². The van der Waals surface area contributed by atoms with Gasteiger partial charge in [0.15, 0.2) is 0 Å². The van der Waals surface area contributed by atoms with Gasteiger partial charge < -0.3 is 10.2 Å². The molecule has 2 unspecified atom stereocenters. The van der Waals surface area contributed by atoms with Crippen molar-refractivity contribution >= 4 is 5.69 Å². The van der Waals surface area contributed by atoms with E-state index < -0.39 is 0 Å². The molecule has 3 nitrogen and oxygen atoms in total. The summed E-state index contributed by atoms with van der Waals surface area (Å²) in [4.78, 5) is 7.14. The highest BCUT2D eigenvalue weighted by Crippen LogP contribution is 2.24. The maximum absolute atomic E-state index is 4.64. The van der Waals surface area contributed by atoms with Gasteiger partial charge in [-0.2, -0.15) is 0 Å². The Labute approximate surface area is 123 Å². The van der Waals surface area contributed by atoms with Gasteiger partial charge in [0, 0.05) is 19.1 Å². The topological polar surface area (TPSA) is 28.2 Å². The number of rotatable bonds is 5. The Morgan fingerprint density at radius 1 is 1.30 bits per heavy atom. The first kappa shape index (κ1) is 15.3. The molecule has 0 aromatic carbocycles. The third-order valence-corrected chi connectivity index (χ3v) is 4.51. The highest BCUT2D eigenvalue weighted by atomic mass is 15.1. The molecule has 3 heteroatoms. The van der Waals surface area contributed by atoms with Crippen LogP contribution in [0.2, 0.25) is 0 Å². The van der Waals surface area contributed by atoms with Crippen molar-refractivity contribution < 1.29 is 0 Å². The zero-order valence-corrected chi connectivity index (χ0v) is 13.2. The molecule has 1 aliphatic rings. The minimum absolute atomic E-state index is 0.336. The lowest BCUT2D eigenvalue weighted by Crippen LogP contribution is -2.25. The second kappa shape index (κ2) is 7.63. The number of pyridine rings is 1. The van der Waals surface area contributed by atoms with E-state index in [1.54, 1.807) is 0 Å². The predicted molar refractivity (Wildman–Crippen MR) is 86.2 cm³/mol. The second-order valence-electron chi connectivity index (χ2n) is 5.91. The number of nitrogens with one attached hydrogen (secondary N) is 1. The Kier molecular flexibility index (Phi) is 5.84.